The number of hydrogen-bond donors (Lipinski definition) is 2. The van der Waals surface area contributed by atoms with Gasteiger partial charge in [0.25, 0.3) is 0 Å². The van der Waals surface area contributed by atoms with E-state index in [1.54, 1.807) is 18.6 Å². The van der Waals surface area contributed by atoms with Gasteiger partial charge in [0.15, 0.2) is 11.3 Å². The molecular weight excluding hydrogens is 458 g/mol. The number of rotatable bonds is 7. The number of aryl methyl sites for hydroxylation is 1. The second-order valence-electron chi connectivity index (χ2n) is 7.36. The molecule has 4 aromatic heterocycles. The van der Waals surface area contributed by atoms with E-state index in [1.807, 2.05) is 19.1 Å². The highest BCUT2D eigenvalue weighted by atomic mass is 32.2. The fourth-order valence-electron chi connectivity index (χ4n) is 3.60. The lowest BCUT2D eigenvalue weighted by atomic mass is 10.3. The summed E-state index contributed by atoms with van der Waals surface area (Å²) in [5, 5.41) is 9.56. The van der Waals surface area contributed by atoms with E-state index in [2.05, 4.69) is 43.8 Å². The molecule has 0 aliphatic heterocycles. The van der Waals surface area contributed by atoms with Gasteiger partial charge in [-0.1, -0.05) is 0 Å². The zero-order valence-corrected chi connectivity index (χ0v) is 20.0. The van der Waals surface area contributed by atoms with Crippen molar-refractivity contribution in [1.82, 2.24) is 29.5 Å². The van der Waals surface area contributed by atoms with E-state index in [-0.39, 0.29) is 10.7 Å². The second kappa shape index (κ2) is 9.19. The molecule has 4 rings (SSSR count). The van der Waals surface area contributed by atoms with Crippen molar-refractivity contribution in [3.63, 3.8) is 0 Å². The molecule has 0 amide bonds. The van der Waals surface area contributed by atoms with E-state index in [0.29, 0.717) is 34.3 Å². The van der Waals surface area contributed by atoms with Crippen LogP contribution in [0.15, 0.2) is 35.7 Å². The first-order valence-electron chi connectivity index (χ1n) is 10.5. The van der Waals surface area contributed by atoms with Gasteiger partial charge in [-0.3, -0.25) is 15.1 Å². The molecule has 0 atom stereocenters. The maximum atomic E-state index is 11.9. The van der Waals surface area contributed by atoms with Crippen LogP contribution in [0.2, 0.25) is 0 Å². The molecule has 0 saturated heterocycles. The van der Waals surface area contributed by atoms with E-state index in [0.717, 1.165) is 24.3 Å². The molecule has 0 saturated carbocycles. The average Bonchev–Trinajstić information content (AvgIpc) is 3.31. The van der Waals surface area contributed by atoms with E-state index in [1.165, 1.54) is 11.6 Å². The number of hydrogen-bond acceptors (Lipinski definition) is 9. The Kier molecular flexibility index (Phi) is 6.30. The summed E-state index contributed by atoms with van der Waals surface area (Å²) < 4.78 is 30.8. The van der Waals surface area contributed by atoms with E-state index in [9.17, 15) is 8.42 Å². The molecule has 0 bridgehead atoms. The van der Waals surface area contributed by atoms with Crippen LogP contribution < -0.4 is 25.5 Å². The van der Waals surface area contributed by atoms with Gasteiger partial charge in [-0.05, 0) is 32.9 Å². The first kappa shape index (κ1) is 23.3. The average molecular weight is 484 g/mol. The molecule has 0 spiro atoms. The number of primary sulfonamides is 1. The molecule has 4 aromatic rings. The Bertz CT molecular complexity index is 1560. The standard InChI is InChI=1S/C21H25N9O3S/c1-5-29(6-2)17-8-7-14(13(3)25-17)26-18-16(12-34(22,31)32)28-30-20(18)27-19(21(30)33-4)15-11-23-9-10-24-15/h7-12,28H,5-6H2,1-4H3,(H2,22,31,32)/b16-12-,26-18?. The molecule has 0 fully saturated rings. The molecular formula is C21H25N9O3S. The van der Waals surface area contributed by atoms with E-state index >= 15 is 0 Å². The minimum atomic E-state index is -3.98. The zero-order chi connectivity index (χ0) is 24.5. The van der Waals surface area contributed by atoms with Gasteiger partial charge in [0.05, 0.1) is 35.4 Å². The number of nitrogens with zero attached hydrogens (tertiary/aromatic N) is 7. The number of methoxy groups -OCH3 is 1. The molecule has 4 heterocycles. The van der Waals surface area contributed by atoms with E-state index in [4.69, 9.17) is 14.9 Å². The summed E-state index contributed by atoms with van der Waals surface area (Å²) in [6.45, 7) is 7.61. The number of ether oxygens (including phenoxy) is 1. The fourth-order valence-corrected chi connectivity index (χ4v) is 4.09. The second-order valence-corrected chi connectivity index (χ2v) is 8.77. The van der Waals surface area contributed by atoms with Crippen LogP contribution in [-0.4, -0.2) is 58.2 Å². The van der Waals surface area contributed by atoms with Crippen molar-refractivity contribution in [3.05, 3.63) is 47.1 Å². The molecule has 12 nitrogen and oxygen atoms in total. The zero-order valence-electron chi connectivity index (χ0n) is 19.2. The van der Waals surface area contributed by atoms with Crippen LogP contribution in [-0.2, 0) is 10.0 Å². The quantitative estimate of drug-likeness (QED) is 0.388. The molecule has 3 N–H and O–H groups in total. The number of imidazole rings is 1. The number of pyridine rings is 1. The normalized spacial score (nSPS) is 13.1. The molecule has 0 unspecified atom stereocenters. The van der Waals surface area contributed by atoms with Crippen LogP contribution >= 0.6 is 0 Å². The van der Waals surface area contributed by atoms with Gasteiger partial charge in [-0.2, -0.15) is 0 Å². The highest BCUT2D eigenvalue weighted by Crippen LogP contribution is 2.27. The summed E-state index contributed by atoms with van der Waals surface area (Å²) in [4.78, 5) is 24.5. The minimum Gasteiger partial charge on any atom is -0.479 e. The van der Waals surface area contributed by atoms with Crippen molar-refractivity contribution in [2.45, 2.75) is 20.8 Å². The van der Waals surface area contributed by atoms with Crippen molar-refractivity contribution in [3.8, 4) is 17.3 Å². The lowest BCUT2D eigenvalue weighted by Gasteiger charge is -2.20. The van der Waals surface area contributed by atoms with Gasteiger partial charge >= 0.3 is 0 Å². The van der Waals surface area contributed by atoms with Gasteiger partial charge < -0.3 is 9.64 Å². The Labute approximate surface area is 195 Å². The van der Waals surface area contributed by atoms with Gasteiger partial charge in [0.1, 0.15) is 16.9 Å². The van der Waals surface area contributed by atoms with Crippen LogP contribution in [0.5, 0.6) is 5.88 Å². The summed E-state index contributed by atoms with van der Waals surface area (Å²) in [5.74, 6) is 1.15. The third-order valence-electron chi connectivity index (χ3n) is 5.18. The number of nitrogens with one attached hydrogen (secondary N) is 1. The van der Waals surface area contributed by atoms with Crippen LogP contribution in [0.3, 0.4) is 0 Å². The highest BCUT2D eigenvalue weighted by molar-refractivity contribution is 7.96. The Balaban J connectivity index is 2.01. The maximum absolute atomic E-state index is 11.9. The third-order valence-corrected chi connectivity index (χ3v) is 5.74. The number of fused-ring (bicyclic) bond motifs is 1. The van der Waals surface area contributed by atoms with Crippen molar-refractivity contribution in [2.75, 3.05) is 25.1 Å². The fraction of sp³-hybridized carbons (Fsp3) is 0.286. The maximum Gasteiger partial charge on any atom is 0.243 e. The first-order valence-corrected chi connectivity index (χ1v) is 12.1. The Morgan fingerprint density at radius 1 is 1.24 bits per heavy atom. The van der Waals surface area contributed by atoms with E-state index < -0.39 is 10.0 Å². The van der Waals surface area contributed by atoms with Gasteiger partial charge in [0, 0.05) is 25.5 Å². The molecule has 13 heteroatoms. The predicted molar refractivity (Wildman–Crippen MR) is 128 cm³/mol. The number of H-pyrrole nitrogens is 1. The Morgan fingerprint density at radius 2 is 2.00 bits per heavy atom. The Hall–Kier alpha value is -3.84. The van der Waals surface area contributed by atoms with Crippen molar-refractivity contribution in [1.29, 1.82) is 0 Å². The summed E-state index contributed by atoms with van der Waals surface area (Å²) in [6, 6.07) is 3.72. The Morgan fingerprint density at radius 3 is 2.59 bits per heavy atom. The van der Waals surface area contributed by atoms with Crippen LogP contribution in [0.1, 0.15) is 19.5 Å². The lowest BCUT2D eigenvalue weighted by molar-refractivity contribution is 0.389. The topological polar surface area (TPSA) is 157 Å². The van der Waals surface area contributed by atoms with Crippen LogP contribution in [0, 0.1) is 6.92 Å². The van der Waals surface area contributed by atoms with Gasteiger partial charge in [0.2, 0.25) is 15.9 Å². The number of aromatic amines is 1. The number of anilines is 1. The smallest absolute Gasteiger partial charge is 0.243 e. The van der Waals surface area contributed by atoms with Crippen molar-refractivity contribution >= 4 is 32.6 Å². The van der Waals surface area contributed by atoms with Gasteiger partial charge in [-0.15, -0.1) is 0 Å². The molecule has 0 aliphatic carbocycles. The summed E-state index contributed by atoms with van der Waals surface area (Å²) in [6.07, 6.45) is 4.65. The predicted octanol–water partition coefficient (Wildman–Crippen LogP) is 0.655. The molecule has 178 valence electrons. The van der Waals surface area contributed by atoms with Crippen LogP contribution in [0.4, 0.5) is 11.5 Å². The van der Waals surface area contributed by atoms with Crippen LogP contribution in [0.25, 0.3) is 22.4 Å². The first-order chi connectivity index (χ1) is 16.3. The highest BCUT2D eigenvalue weighted by Gasteiger charge is 2.20. The summed E-state index contributed by atoms with van der Waals surface area (Å²) in [5.41, 5.74) is 2.48. The third kappa shape index (κ3) is 4.47. The van der Waals surface area contributed by atoms with Crippen molar-refractivity contribution in [2.24, 2.45) is 10.1 Å². The largest absolute Gasteiger partial charge is 0.479 e. The molecule has 0 aromatic carbocycles. The van der Waals surface area contributed by atoms with Gasteiger partial charge in [-0.25, -0.2) is 33.0 Å². The molecule has 34 heavy (non-hydrogen) atoms. The monoisotopic (exact) mass is 483 g/mol. The molecule has 0 aliphatic rings. The summed E-state index contributed by atoms with van der Waals surface area (Å²) in [7, 11) is -2.50. The summed E-state index contributed by atoms with van der Waals surface area (Å²) >= 11 is 0. The SMILES string of the molecule is CCN(CC)c1ccc(N=c2/c(=C/S(N)(=O)=O)[nH]n3c(OC)c(-c4cnccn4)nc23)c(C)n1. The van der Waals surface area contributed by atoms with Crippen molar-refractivity contribution < 1.29 is 13.2 Å². The minimum absolute atomic E-state index is 0.154. The number of aromatic nitrogens is 6. The lowest BCUT2D eigenvalue weighted by Crippen LogP contribution is -2.27. The number of nitrogens with two attached hydrogens (primary N) is 1. The number of sulfonamides is 1. The molecule has 0 radical (unpaired) electrons.